The summed E-state index contributed by atoms with van der Waals surface area (Å²) in [5, 5.41) is 11.2. The fraction of sp³-hybridized carbons (Fsp3) is 0.545. The van der Waals surface area contributed by atoms with Crippen LogP contribution < -0.4 is 15.4 Å². The van der Waals surface area contributed by atoms with E-state index >= 15 is 0 Å². The Bertz CT molecular complexity index is 734. The number of aromatic nitrogens is 2. The van der Waals surface area contributed by atoms with E-state index in [0.29, 0.717) is 0 Å². The summed E-state index contributed by atoms with van der Waals surface area (Å²) in [4.78, 5) is 4.68. The molecule has 0 spiro atoms. The lowest BCUT2D eigenvalue weighted by Gasteiger charge is -2.12. The van der Waals surface area contributed by atoms with Crippen molar-refractivity contribution < 1.29 is 4.74 Å². The number of aliphatic imine (C=N–C) groups is 1. The van der Waals surface area contributed by atoms with Crippen molar-refractivity contribution in [2.24, 2.45) is 4.99 Å². The number of hydrogen-bond acceptors (Lipinski definition) is 3. The predicted octanol–water partition coefficient (Wildman–Crippen LogP) is 3.48. The van der Waals surface area contributed by atoms with E-state index in [-0.39, 0.29) is 6.10 Å². The van der Waals surface area contributed by atoms with E-state index in [1.807, 2.05) is 32.9 Å². The van der Waals surface area contributed by atoms with Gasteiger partial charge in [-0.15, -0.1) is 0 Å². The van der Waals surface area contributed by atoms with Crippen LogP contribution in [0.3, 0.4) is 0 Å². The van der Waals surface area contributed by atoms with E-state index in [4.69, 9.17) is 4.74 Å². The molecule has 0 unspecified atom stereocenters. The number of nitrogens with zero attached hydrogens (tertiary/aromatic N) is 3. The maximum absolute atomic E-state index is 5.69. The van der Waals surface area contributed by atoms with Gasteiger partial charge in [0, 0.05) is 31.9 Å². The Labute approximate surface area is 169 Å². The third-order valence-corrected chi connectivity index (χ3v) is 4.25. The standard InChI is InChI=1S/C22H35N5O/c1-6-23-22(24-13-7-15-27-19(5)16-18(4)26-27)25-14-12-20-8-10-21(11-9-20)28-17(2)3/h8-11,16-17H,6-7,12-15H2,1-5H3,(H2,23,24,25). The van der Waals surface area contributed by atoms with Gasteiger partial charge in [0.1, 0.15) is 5.75 Å². The monoisotopic (exact) mass is 385 g/mol. The first-order valence-corrected chi connectivity index (χ1v) is 10.3. The first-order chi connectivity index (χ1) is 13.5. The van der Waals surface area contributed by atoms with Crippen molar-refractivity contribution in [3.05, 3.63) is 47.3 Å². The SMILES string of the molecule is CCNC(=NCCCn1nc(C)cc1C)NCCc1ccc(OC(C)C)cc1. The van der Waals surface area contributed by atoms with Gasteiger partial charge in [-0.3, -0.25) is 9.67 Å². The summed E-state index contributed by atoms with van der Waals surface area (Å²) < 4.78 is 7.74. The highest BCUT2D eigenvalue weighted by molar-refractivity contribution is 5.79. The zero-order valence-corrected chi connectivity index (χ0v) is 18.0. The number of ether oxygens (including phenoxy) is 1. The molecular weight excluding hydrogens is 350 g/mol. The highest BCUT2D eigenvalue weighted by Gasteiger charge is 2.02. The molecule has 2 rings (SSSR count). The molecule has 0 amide bonds. The van der Waals surface area contributed by atoms with Crippen molar-refractivity contribution >= 4 is 5.96 Å². The van der Waals surface area contributed by atoms with Gasteiger partial charge in [-0.1, -0.05) is 12.1 Å². The van der Waals surface area contributed by atoms with Crippen LogP contribution in [-0.4, -0.2) is 41.5 Å². The normalized spacial score (nSPS) is 11.7. The minimum atomic E-state index is 0.202. The Morgan fingerprint density at radius 2 is 1.93 bits per heavy atom. The van der Waals surface area contributed by atoms with Crippen molar-refractivity contribution in [2.75, 3.05) is 19.6 Å². The van der Waals surface area contributed by atoms with Crippen molar-refractivity contribution in [1.29, 1.82) is 0 Å². The highest BCUT2D eigenvalue weighted by atomic mass is 16.5. The van der Waals surface area contributed by atoms with Gasteiger partial charge in [0.25, 0.3) is 0 Å². The summed E-state index contributed by atoms with van der Waals surface area (Å²) in [5.74, 6) is 1.79. The van der Waals surface area contributed by atoms with Crippen LogP contribution in [0.2, 0.25) is 0 Å². The molecule has 2 N–H and O–H groups in total. The minimum absolute atomic E-state index is 0.202. The molecule has 1 aromatic carbocycles. The van der Waals surface area contributed by atoms with E-state index < -0.39 is 0 Å². The largest absolute Gasteiger partial charge is 0.491 e. The average molecular weight is 386 g/mol. The Morgan fingerprint density at radius 1 is 1.18 bits per heavy atom. The molecule has 0 fully saturated rings. The Balaban J connectivity index is 1.75. The molecule has 1 aromatic heterocycles. The molecule has 0 saturated carbocycles. The third-order valence-electron chi connectivity index (χ3n) is 4.25. The molecular formula is C22H35N5O. The van der Waals surface area contributed by atoms with Crippen LogP contribution in [0.25, 0.3) is 0 Å². The Hall–Kier alpha value is -2.50. The van der Waals surface area contributed by atoms with Crippen LogP contribution in [0.4, 0.5) is 0 Å². The van der Waals surface area contributed by atoms with Crippen molar-refractivity contribution in [1.82, 2.24) is 20.4 Å². The maximum atomic E-state index is 5.69. The molecule has 2 aromatic rings. The summed E-state index contributed by atoms with van der Waals surface area (Å²) in [6.07, 6.45) is 2.11. The minimum Gasteiger partial charge on any atom is -0.491 e. The molecule has 6 nitrogen and oxygen atoms in total. The summed E-state index contributed by atoms with van der Waals surface area (Å²) in [6.45, 7) is 13.6. The second kappa shape index (κ2) is 11.4. The van der Waals surface area contributed by atoms with Gasteiger partial charge in [0.2, 0.25) is 0 Å². The van der Waals surface area contributed by atoms with E-state index in [2.05, 4.69) is 57.5 Å². The highest BCUT2D eigenvalue weighted by Crippen LogP contribution is 2.13. The van der Waals surface area contributed by atoms with Crippen LogP contribution >= 0.6 is 0 Å². The molecule has 154 valence electrons. The van der Waals surface area contributed by atoms with Gasteiger partial charge < -0.3 is 15.4 Å². The zero-order chi connectivity index (χ0) is 20.4. The molecule has 1 heterocycles. The smallest absolute Gasteiger partial charge is 0.191 e. The molecule has 28 heavy (non-hydrogen) atoms. The summed E-state index contributed by atoms with van der Waals surface area (Å²) >= 11 is 0. The second-order valence-electron chi connectivity index (χ2n) is 7.25. The number of rotatable bonds is 10. The first kappa shape index (κ1) is 21.8. The molecule has 0 aliphatic carbocycles. The lowest BCUT2D eigenvalue weighted by molar-refractivity contribution is 0.242. The van der Waals surface area contributed by atoms with Crippen molar-refractivity contribution in [3.8, 4) is 5.75 Å². The number of benzene rings is 1. The zero-order valence-electron chi connectivity index (χ0n) is 18.0. The molecule has 0 bridgehead atoms. The molecule has 6 heteroatoms. The van der Waals surface area contributed by atoms with Crippen molar-refractivity contribution in [3.63, 3.8) is 0 Å². The quantitative estimate of drug-likeness (QED) is 0.373. The lowest BCUT2D eigenvalue weighted by Crippen LogP contribution is -2.38. The first-order valence-electron chi connectivity index (χ1n) is 10.3. The van der Waals surface area contributed by atoms with Gasteiger partial charge in [-0.2, -0.15) is 5.10 Å². The maximum Gasteiger partial charge on any atom is 0.191 e. The van der Waals surface area contributed by atoms with Crippen molar-refractivity contribution in [2.45, 2.75) is 60.1 Å². The fourth-order valence-corrected chi connectivity index (χ4v) is 2.99. The molecule has 0 saturated heterocycles. The number of nitrogens with one attached hydrogen (secondary N) is 2. The molecule has 0 radical (unpaired) electrons. The second-order valence-corrected chi connectivity index (χ2v) is 7.25. The van der Waals surface area contributed by atoms with Gasteiger partial charge in [0.15, 0.2) is 5.96 Å². The predicted molar refractivity (Wildman–Crippen MR) is 116 cm³/mol. The van der Waals surface area contributed by atoms with Gasteiger partial charge in [-0.25, -0.2) is 0 Å². The van der Waals surface area contributed by atoms with E-state index in [0.717, 1.165) is 56.4 Å². The molecule has 0 aliphatic rings. The van der Waals surface area contributed by atoms with E-state index in [1.165, 1.54) is 11.3 Å². The van der Waals surface area contributed by atoms with Crippen LogP contribution in [0.1, 0.15) is 44.1 Å². The van der Waals surface area contributed by atoms with Gasteiger partial charge >= 0.3 is 0 Å². The van der Waals surface area contributed by atoms with Crippen LogP contribution in [0, 0.1) is 13.8 Å². The average Bonchev–Trinajstić information content (AvgIpc) is 2.97. The van der Waals surface area contributed by atoms with Crippen LogP contribution in [0.15, 0.2) is 35.3 Å². The number of aryl methyl sites for hydroxylation is 3. The Kier molecular flexibility index (Phi) is 8.85. The Morgan fingerprint density at radius 3 is 2.54 bits per heavy atom. The lowest BCUT2D eigenvalue weighted by atomic mass is 10.1. The fourth-order valence-electron chi connectivity index (χ4n) is 2.99. The van der Waals surface area contributed by atoms with Gasteiger partial charge in [0.05, 0.1) is 11.8 Å². The summed E-state index contributed by atoms with van der Waals surface area (Å²) in [6, 6.07) is 10.4. The molecule has 0 atom stereocenters. The number of guanidine groups is 1. The summed E-state index contributed by atoms with van der Waals surface area (Å²) in [5.41, 5.74) is 3.56. The van der Waals surface area contributed by atoms with Gasteiger partial charge in [-0.05, 0) is 71.2 Å². The third kappa shape index (κ3) is 7.62. The van der Waals surface area contributed by atoms with E-state index in [1.54, 1.807) is 0 Å². The van der Waals surface area contributed by atoms with E-state index in [9.17, 15) is 0 Å². The number of hydrogen-bond donors (Lipinski definition) is 2. The molecule has 0 aliphatic heterocycles. The van der Waals surface area contributed by atoms with Crippen LogP contribution in [-0.2, 0) is 13.0 Å². The summed E-state index contributed by atoms with van der Waals surface area (Å²) in [7, 11) is 0. The topological polar surface area (TPSA) is 63.5 Å². The van der Waals surface area contributed by atoms with Crippen LogP contribution in [0.5, 0.6) is 5.75 Å².